The van der Waals surface area contributed by atoms with Crippen LogP contribution < -0.4 is 31.8 Å². The van der Waals surface area contributed by atoms with Crippen LogP contribution in [0.5, 0.6) is 0 Å². The average Bonchev–Trinajstić information content (AvgIpc) is 2.98. The maximum absolute atomic E-state index is 12.6. The lowest BCUT2D eigenvalue weighted by molar-refractivity contribution is -0.684. The fourth-order valence-electron chi connectivity index (χ4n) is 5.02. The van der Waals surface area contributed by atoms with Gasteiger partial charge in [0.1, 0.15) is 0 Å². The van der Waals surface area contributed by atoms with Gasteiger partial charge in [0, 0.05) is 31.9 Å². The smallest absolute Gasteiger partial charge is 0.286 e. The van der Waals surface area contributed by atoms with E-state index in [0.29, 0.717) is 6.42 Å². The van der Waals surface area contributed by atoms with E-state index in [0.717, 1.165) is 29.7 Å². The molecule has 1 aromatic carbocycles. The number of unbranched alkanes of at least 4 members (excludes halogenated alkanes) is 12. The summed E-state index contributed by atoms with van der Waals surface area (Å²) in [5.74, 6) is -0.220. The highest BCUT2D eigenvalue weighted by molar-refractivity contribution is 5.75. The number of aliphatic hydroxyl groups excluding tert-OH is 2. The number of pyridine rings is 1. The van der Waals surface area contributed by atoms with E-state index in [-0.39, 0.29) is 36.0 Å². The van der Waals surface area contributed by atoms with Crippen LogP contribution in [0, 0.1) is 0 Å². The second kappa shape index (κ2) is 23.3. The summed E-state index contributed by atoms with van der Waals surface area (Å²) in [5, 5.41) is 23.1. The molecule has 7 heteroatoms. The van der Waals surface area contributed by atoms with E-state index in [4.69, 9.17) is 0 Å². The Kier molecular flexibility index (Phi) is 20.9. The number of benzene rings is 1. The van der Waals surface area contributed by atoms with Crippen LogP contribution in [0.1, 0.15) is 108 Å². The normalized spacial score (nSPS) is 12.6. The molecule has 6 nitrogen and oxygen atoms in total. The summed E-state index contributed by atoms with van der Waals surface area (Å²) in [4.78, 5) is 14.6. The van der Waals surface area contributed by atoms with E-state index < -0.39 is 12.1 Å². The van der Waals surface area contributed by atoms with E-state index >= 15 is 0 Å². The van der Waals surface area contributed by atoms with Crippen molar-refractivity contribution in [2.45, 2.75) is 116 Å². The summed E-state index contributed by atoms with van der Waals surface area (Å²) in [6.07, 6.45) is 24.3. The highest BCUT2D eigenvalue weighted by atomic mass is 79.9. The number of halogens is 1. The molecule has 42 heavy (non-hydrogen) atoms. The molecule has 0 fully saturated rings. The van der Waals surface area contributed by atoms with Gasteiger partial charge in [0.2, 0.25) is 6.54 Å². The molecule has 0 spiro atoms. The molecule has 0 radical (unpaired) electrons. The number of hydrogen-bond acceptors (Lipinski definition) is 4. The number of nitrogens with one attached hydrogen (secondary N) is 1. The molecule has 0 bridgehead atoms. The largest absolute Gasteiger partial charge is 1.00 e. The molecule has 1 heterocycles. The fourth-order valence-corrected chi connectivity index (χ4v) is 5.02. The lowest BCUT2D eigenvalue weighted by Crippen LogP contribution is -3.00. The van der Waals surface area contributed by atoms with E-state index in [2.05, 4.69) is 47.5 Å². The van der Waals surface area contributed by atoms with Gasteiger partial charge >= 0.3 is 0 Å². The minimum absolute atomic E-state index is 0. The number of carbonyl (C=O) groups is 1. The molecule has 1 amide bonds. The van der Waals surface area contributed by atoms with Crippen LogP contribution in [0.15, 0.2) is 48.8 Å². The number of hydrogen-bond donors (Lipinski definition) is 3. The summed E-state index contributed by atoms with van der Waals surface area (Å²) < 4.78 is 1.80. The van der Waals surface area contributed by atoms with Gasteiger partial charge in [0.25, 0.3) is 5.91 Å². The lowest BCUT2D eigenvalue weighted by Gasteiger charge is -2.21. The summed E-state index contributed by atoms with van der Waals surface area (Å²) in [6.45, 7) is 2.13. The first-order valence-corrected chi connectivity index (χ1v) is 16.0. The maximum atomic E-state index is 12.6. The molecule has 0 unspecified atom stereocenters. The summed E-state index contributed by atoms with van der Waals surface area (Å²) in [5.41, 5.74) is 3.33. The van der Waals surface area contributed by atoms with Crippen LogP contribution in [-0.2, 0) is 11.3 Å². The van der Waals surface area contributed by atoms with E-state index in [1.165, 1.54) is 70.6 Å². The number of aliphatic hydroxyl groups is 2. The van der Waals surface area contributed by atoms with Crippen molar-refractivity contribution >= 4 is 23.7 Å². The second-order valence-electron chi connectivity index (χ2n) is 11.6. The average molecular weight is 647 g/mol. The zero-order valence-corrected chi connectivity index (χ0v) is 27.9. The van der Waals surface area contributed by atoms with Crippen molar-refractivity contribution in [1.82, 2.24) is 5.32 Å². The van der Waals surface area contributed by atoms with Crippen molar-refractivity contribution in [3.8, 4) is 0 Å². The number of anilines is 1. The molecule has 0 aliphatic heterocycles. The predicted octanol–water partition coefficient (Wildman–Crippen LogP) is 3.53. The second-order valence-corrected chi connectivity index (χ2v) is 11.6. The number of nitrogens with zero attached hydrogens (tertiary/aromatic N) is 2. The number of amides is 1. The molecule has 3 N–H and O–H groups in total. The Morgan fingerprint density at radius 3 is 1.76 bits per heavy atom. The predicted molar refractivity (Wildman–Crippen MR) is 172 cm³/mol. The van der Waals surface area contributed by atoms with Crippen molar-refractivity contribution in [2.24, 2.45) is 0 Å². The third-order valence-corrected chi connectivity index (χ3v) is 7.73. The molecule has 2 aromatic rings. The van der Waals surface area contributed by atoms with E-state index in [1.54, 1.807) is 4.57 Å². The quantitative estimate of drug-likeness (QED) is 0.135. The molecule has 0 saturated heterocycles. The Balaban J connectivity index is 0.00000882. The van der Waals surface area contributed by atoms with Crippen LogP contribution in [0.2, 0.25) is 0 Å². The zero-order valence-electron chi connectivity index (χ0n) is 26.3. The van der Waals surface area contributed by atoms with Gasteiger partial charge in [-0.05, 0) is 29.7 Å². The number of rotatable bonds is 22. The van der Waals surface area contributed by atoms with Gasteiger partial charge in [-0.15, -0.1) is 0 Å². The van der Waals surface area contributed by atoms with Crippen molar-refractivity contribution < 1.29 is 36.6 Å². The molecule has 1 aromatic heterocycles. The minimum Gasteiger partial charge on any atom is -1.00 e. The lowest BCUT2D eigenvalue weighted by atomic mass is 10.0. The zero-order chi connectivity index (χ0) is 29.7. The van der Waals surface area contributed by atoms with Crippen molar-refractivity contribution in [2.75, 3.05) is 25.6 Å². The standard InChI is InChI=1S/C35H55N3O3.BrH/c1-4-5-6-7-8-9-10-11-12-13-14-15-16-17-34(40)33(29-39)36-35(41)28-38-26-24-31(25-27-38)19-18-30-20-22-32(23-21-30)37(2)3;/h18-27,33-34,39-40H,4-17,28-29H2,1-3H3;1H/t33-,34+;/m0./s1. The highest BCUT2D eigenvalue weighted by Crippen LogP contribution is 2.15. The Hall–Kier alpha value is -2.22. The first-order valence-electron chi connectivity index (χ1n) is 16.0. The number of aromatic nitrogens is 1. The van der Waals surface area contributed by atoms with Crippen LogP contribution in [0.3, 0.4) is 0 Å². The molecule has 0 aliphatic rings. The van der Waals surface area contributed by atoms with Gasteiger partial charge in [-0.25, -0.2) is 0 Å². The summed E-state index contributed by atoms with van der Waals surface area (Å²) in [6, 6.07) is 11.6. The molecule has 2 atom stereocenters. The van der Waals surface area contributed by atoms with Gasteiger partial charge in [0.05, 0.1) is 18.8 Å². The monoisotopic (exact) mass is 645 g/mol. The Morgan fingerprint density at radius 1 is 0.810 bits per heavy atom. The van der Waals surface area contributed by atoms with Crippen LogP contribution >= 0.6 is 0 Å². The van der Waals surface area contributed by atoms with Crippen LogP contribution in [0.4, 0.5) is 5.69 Å². The van der Waals surface area contributed by atoms with Crippen molar-refractivity contribution in [1.29, 1.82) is 0 Å². The van der Waals surface area contributed by atoms with Gasteiger partial charge in [-0.3, -0.25) is 4.79 Å². The van der Waals surface area contributed by atoms with Crippen LogP contribution in [-0.4, -0.2) is 49.0 Å². The molecular formula is C35H56BrN3O3. The molecule has 0 aliphatic carbocycles. The van der Waals surface area contributed by atoms with E-state index in [1.807, 2.05) is 44.7 Å². The fraction of sp³-hybridized carbons (Fsp3) is 0.600. The highest BCUT2D eigenvalue weighted by Gasteiger charge is 2.21. The Labute approximate surface area is 266 Å². The summed E-state index contributed by atoms with van der Waals surface area (Å²) in [7, 11) is 4.05. The topological polar surface area (TPSA) is 76.7 Å². The van der Waals surface area contributed by atoms with Crippen LogP contribution in [0.25, 0.3) is 12.2 Å². The van der Waals surface area contributed by atoms with Gasteiger partial charge in [0.15, 0.2) is 12.4 Å². The summed E-state index contributed by atoms with van der Waals surface area (Å²) >= 11 is 0. The van der Waals surface area contributed by atoms with Gasteiger partial charge < -0.3 is 37.4 Å². The third kappa shape index (κ3) is 16.4. The first-order chi connectivity index (χ1) is 19.9. The van der Waals surface area contributed by atoms with Crippen molar-refractivity contribution in [3.63, 3.8) is 0 Å². The van der Waals surface area contributed by atoms with Gasteiger partial charge in [-0.1, -0.05) is 115 Å². The Morgan fingerprint density at radius 2 is 1.29 bits per heavy atom. The maximum Gasteiger partial charge on any atom is 0.286 e. The third-order valence-electron chi connectivity index (χ3n) is 7.73. The number of carbonyl (C=O) groups excluding carboxylic acids is 1. The van der Waals surface area contributed by atoms with E-state index in [9.17, 15) is 15.0 Å². The molecule has 236 valence electrons. The van der Waals surface area contributed by atoms with Crippen molar-refractivity contribution in [3.05, 3.63) is 59.9 Å². The minimum atomic E-state index is -0.735. The Bertz CT molecular complexity index is 980. The SMILES string of the molecule is CCCCCCCCCCCCCCC[C@@H](O)[C@H](CO)NC(=O)C[n+]1ccc(/C=C/c2ccc(N(C)C)cc2)cc1.[Br-]. The first kappa shape index (κ1) is 37.8. The molecule has 2 rings (SSSR count). The molecular weight excluding hydrogens is 590 g/mol. The molecule has 0 saturated carbocycles. The van der Waals surface area contributed by atoms with Gasteiger partial charge in [-0.2, -0.15) is 4.57 Å².